The number of fused-ring (bicyclic) bond motifs is 3. The molecule has 4 rings (SSSR count). The fraction of sp³-hybridized carbons (Fsp3) is 0.543. The first-order valence-electron chi connectivity index (χ1n) is 13.8. The first kappa shape index (κ1) is 26.0. The van der Waals surface area contributed by atoms with Crippen LogP contribution >= 0.6 is 0 Å². The second kappa shape index (κ2) is 8.50. The molecule has 0 heteroatoms. The lowest BCUT2D eigenvalue weighted by atomic mass is 9.71. The molecule has 0 amide bonds. The van der Waals surface area contributed by atoms with E-state index in [1.54, 1.807) is 11.1 Å². The number of benzene rings is 2. The van der Waals surface area contributed by atoms with E-state index in [2.05, 4.69) is 119 Å². The molecule has 2 aromatic rings. The van der Waals surface area contributed by atoms with Crippen LogP contribution in [0.15, 0.2) is 53.6 Å². The van der Waals surface area contributed by atoms with Crippen LogP contribution in [0, 0.1) is 5.41 Å². The molecule has 0 aromatic heterocycles. The summed E-state index contributed by atoms with van der Waals surface area (Å²) in [5, 5.41) is 0. The van der Waals surface area contributed by atoms with E-state index >= 15 is 0 Å². The molecule has 2 aliphatic rings. The van der Waals surface area contributed by atoms with Gasteiger partial charge in [0.2, 0.25) is 0 Å². The zero-order chi connectivity index (χ0) is 26.0. The smallest absolute Gasteiger partial charge is 0.0115 e. The zero-order valence-corrected chi connectivity index (χ0v) is 24.4. The molecule has 188 valence electrons. The molecule has 0 nitrogen and oxygen atoms in total. The number of allylic oxidation sites excluding steroid dienone is 4. The summed E-state index contributed by atoms with van der Waals surface area (Å²) in [6, 6.07) is 12.3. The molecule has 0 aliphatic heterocycles. The fourth-order valence-electron chi connectivity index (χ4n) is 6.11. The zero-order valence-electron chi connectivity index (χ0n) is 24.4. The third-order valence-corrected chi connectivity index (χ3v) is 8.75. The number of rotatable bonds is 5. The quantitative estimate of drug-likeness (QED) is 0.349. The molecular weight excluding hydrogens is 420 g/mol. The van der Waals surface area contributed by atoms with Crippen LogP contribution < -0.4 is 0 Å². The van der Waals surface area contributed by atoms with Crippen molar-refractivity contribution in [2.75, 3.05) is 0 Å². The molecule has 0 spiro atoms. The van der Waals surface area contributed by atoms with Gasteiger partial charge in [-0.2, -0.15) is 0 Å². The van der Waals surface area contributed by atoms with E-state index in [-0.39, 0.29) is 21.7 Å². The molecule has 0 heterocycles. The van der Waals surface area contributed by atoms with Crippen molar-refractivity contribution in [3.05, 3.63) is 81.4 Å². The van der Waals surface area contributed by atoms with Crippen LogP contribution in [-0.2, 0) is 22.7 Å². The lowest BCUT2D eigenvalue weighted by Crippen LogP contribution is -2.23. The van der Waals surface area contributed by atoms with Crippen molar-refractivity contribution in [2.45, 2.75) is 118 Å². The predicted octanol–water partition coefficient (Wildman–Crippen LogP) is 10.2. The van der Waals surface area contributed by atoms with Crippen molar-refractivity contribution in [3.8, 4) is 11.1 Å². The molecule has 0 saturated carbocycles. The highest BCUT2D eigenvalue weighted by Gasteiger charge is 2.36. The highest BCUT2D eigenvalue weighted by atomic mass is 14.4. The molecule has 0 unspecified atom stereocenters. The second-order valence-electron chi connectivity index (χ2n) is 14.4. The minimum absolute atomic E-state index is 0.000782. The van der Waals surface area contributed by atoms with Gasteiger partial charge in [-0.05, 0) is 80.0 Å². The van der Waals surface area contributed by atoms with E-state index in [0.717, 1.165) is 12.8 Å². The van der Waals surface area contributed by atoms with Gasteiger partial charge in [0, 0.05) is 5.41 Å². The highest BCUT2D eigenvalue weighted by Crippen LogP contribution is 2.49. The fourth-order valence-corrected chi connectivity index (χ4v) is 6.11. The summed E-state index contributed by atoms with van der Waals surface area (Å²) in [7, 11) is 0. The Balaban J connectivity index is 1.86. The van der Waals surface area contributed by atoms with Crippen molar-refractivity contribution in [3.63, 3.8) is 0 Å². The average molecular weight is 469 g/mol. The summed E-state index contributed by atoms with van der Waals surface area (Å²) < 4.78 is 0. The summed E-state index contributed by atoms with van der Waals surface area (Å²) >= 11 is 0. The van der Waals surface area contributed by atoms with Gasteiger partial charge in [0.1, 0.15) is 0 Å². The van der Waals surface area contributed by atoms with Crippen molar-refractivity contribution >= 4 is 0 Å². The lowest BCUT2D eigenvalue weighted by Gasteiger charge is -2.33. The van der Waals surface area contributed by atoms with Crippen molar-refractivity contribution in [2.24, 2.45) is 5.41 Å². The Morgan fingerprint density at radius 3 is 1.97 bits per heavy atom. The van der Waals surface area contributed by atoms with Gasteiger partial charge in [-0.1, -0.05) is 131 Å². The van der Waals surface area contributed by atoms with Crippen LogP contribution in [0.3, 0.4) is 0 Å². The van der Waals surface area contributed by atoms with Crippen LogP contribution in [0.1, 0.15) is 123 Å². The van der Waals surface area contributed by atoms with Gasteiger partial charge in [0.05, 0.1) is 0 Å². The lowest BCUT2D eigenvalue weighted by molar-refractivity contribution is 0.412. The Hall–Kier alpha value is -2.08. The summed E-state index contributed by atoms with van der Waals surface area (Å²) in [5.41, 5.74) is 14.0. The number of hydrogen-bond donors (Lipinski definition) is 0. The molecule has 2 aromatic carbocycles. The molecule has 0 N–H and O–H groups in total. The van der Waals surface area contributed by atoms with Crippen LogP contribution in [0.2, 0.25) is 0 Å². The van der Waals surface area contributed by atoms with Gasteiger partial charge >= 0.3 is 0 Å². The number of hydrogen-bond acceptors (Lipinski definition) is 0. The third kappa shape index (κ3) is 4.71. The van der Waals surface area contributed by atoms with Crippen LogP contribution in [0.25, 0.3) is 11.1 Å². The molecule has 2 aliphatic carbocycles. The van der Waals surface area contributed by atoms with E-state index < -0.39 is 0 Å². The van der Waals surface area contributed by atoms with Gasteiger partial charge < -0.3 is 0 Å². The van der Waals surface area contributed by atoms with E-state index in [1.807, 2.05) is 0 Å². The average Bonchev–Trinajstić information content (AvgIpc) is 3.37. The van der Waals surface area contributed by atoms with E-state index in [1.165, 1.54) is 51.8 Å². The summed E-state index contributed by atoms with van der Waals surface area (Å²) in [6.45, 7) is 26.1. The molecule has 0 radical (unpaired) electrons. The Kier molecular flexibility index (Phi) is 6.31. The maximum Gasteiger partial charge on any atom is 0.0115 e. The standard InChI is InChI=1S/C35H48/c1-12-17-34(8,9)25-15-16-26(19-25)35(10,11)31-22-27(33(5,6)7)21-29-28-20-24(32(2,3)4)14-13-23(28)18-30(29)31/h13-15,19-22H,12,16-18H2,1-11H3. The second-order valence-corrected chi connectivity index (χ2v) is 14.4. The van der Waals surface area contributed by atoms with E-state index in [9.17, 15) is 0 Å². The Morgan fingerprint density at radius 2 is 1.37 bits per heavy atom. The Bertz CT molecular complexity index is 1200. The highest BCUT2D eigenvalue weighted by molar-refractivity contribution is 5.80. The maximum absolute atomic E-state index is 2.55. The topological polar surface area (TPSA) is 0 Å². The van der Waals surface area contributed by atoms with Gasteiger partial charge in [0.15, 0.2) is 0 Å². The predicted molar refractivity (Wildman–Crippen MR) is 155 cm³/mol. The van der Waals surface area contributed by atoms with Crippen molar-refractivity contribution in [1.82, 2.24) is 0 Å². The first-order chi connectivity index (χ1) is 16.1. The van der Waals surface area contributed by atoms with Crippen LogP contribution in [0.4, 0.5) is 0 Å². The largest absolute Gasteiger partial charge is 0.0767 e. The van der Waals surface area contributed by atoms with Gasteiger partial charge in [-0.25, -0.2) is 0 Å². The normalized spacial score (nSPS) is 16.2. The Morgan fingerprint density at radius 1 is 0.743 bits per heavy atom. The molecule has 0 fully saturated rings. The Labute approximate surface area is 215 Å². The SMILES string of the molecule is CCCC(C)(C)C1=CCC(C(C)(C)c2cc(C(C)(C)C)cc3c2Cc2ccc(C(C)(C)C)cc2-3)=C1. The van der Waals surface area contributed by atoms with Crippen LogP contribution in [0.5, 0.6) is 0 Å². The van der Waals surface area contributed by atoms with Crippen molar-refractivity contribution in [1.29, 1.82) is 0 Å². The molecular formula is C35H48. The van der Waals surface area contributed by atoms with Crippen molar-refractivity contribution < 1.29 is 0 Å². The third-order valence-electron chi connectivity index (χ3n) is 8.75. The van der Waals surface area contributed by atoms with E-state index in [4.69, 9.17) is 0 Å². The van der Waals surface area contributed by atoms with Gasteiger partial charge in [-0.3, -0.25) is 0 Å². The minimum atomic E-state index is 0.000782. The van der Waals surface area contributed by atoms with Crippen LogP contribution in [-0.4, -0.2) is 0 Å². The van der Waals surface area contributed by atoms with E-state index in [0.29, 0.717) is 0 Å². The molecule has 0 atom stereocenters. The maximum atomic E-state index is 2.55. The summed E-state index contributed by atoms with van der Waals surface area (Å²) in [5.74, 6) is 0. The molecule has 0 bridgehead atoms. The first-order valence-corrected chi connectivity index (χ1v) is 13.8. The molecule has 35 heavy (non-hydrogen) atoms. The summed E-state index contributed by atoms with van der Waals surface area (Å²) in [6.07, 6.45) is 9.64. The molecule has 0 saturated heterocycles. The van der Waals surface area contributed by atoms with Gasteiger partial charge in [-0.15, -0.1) is 0 Å². The van der Waals surface area contributed by atoms with Gasteiger partial charge in [0.25, 0.3) is 0 Å². The monoisotopic (exact) mass is 468 g/mol. The minimum Gasteiger partial charge on any atom is -0.0767 e. The summed E-state index contributed by atoms with van der Waals surface area (Å²) in [4.78, 5) is 0.